The second-order valence-electron chi connectivity index (χ2n) is 4.00. The largest absolute Gasteiger partial charge is 0.390 e. The summed E-state index contributed by atoms with van der Waals surface area (Å²) in [7, 11) is 0. The molecule has 0 spiro atoms. The van der Waals surface area contributed by atoms with E-state index in [1.807, 2.05) is 32.0 Å². The van der Waals surface area contributed by atoms with Gasteiger partial charge in [-0.15, -0.1) is 0 Å². The molecule has 0 heterocycles. The van der Waals surface area contributed by atoms with Crippen LogP contribution in [0.25, 0.3) is 0 Å². The maximum Gasteiger partial charge on any atom is 0.0861 e. The zero-order valence-corrected chi connectivity index (χ0v) is 11.3. The predicted octanol–water partition coefficient (Wildman–Crippen LogP) is 2.55. The van der Waals surface area contributed by atoms with Crippen molar-refractivity contribution in [1.29, 1.82) is 0 Å². The van der Waals surface area contributed by atoms with E-state index in [4.69, 9.17) is 0 Å². The van der Waals surface area contributed by atoms with Crippen molar-refractivity contribution in [2.75, 3.05) is 0 Å². The van der Waals surface area contributed by atoms with E-state index in [-0.39, 0.29) is 16.1 Å². The number of alkyl halides is 1. The van der Waals surface area contributed by atoms with Crippen molar-refractivity contribution in [1.82, 2.24) is 5.32 Å². The van der Waals surface area contributed by atoms with Crippen LogP contribution >= 0.6 is 22.6 Å². The van der Waals surface area contributed by atoms with E-state index in [2.05, 4.69) is 40.0 Å². The van der Waals surface area contributed by atoms with Crippen LogP contribution in [-0.4, -0.2) is 15.3 Å². The zero-order valence-electron chi connectivity index (χ0n) is 9.15. The molecule has 0 fully saturated rings. The Morgan fingerprint density at radius 1 is 1.27 bits per heavy atom. The van der Waals surface area contributed by atoms with E-state index < -0.39 is 0 Å². The van der Waals surface area contributed by atoms with Gasteiger partial charge in [-0.2, -0.15) is 0 Å². The maximum absolute atomic E-state index is 9.80. The highest BCUT2D eigenvalue weighted by atomic mass is 127. The Balaban J connectivity index is 2.37. The van der Waals surface area contributed by atoms with Crippen molar-refractivity contribution in [2.24, 2.45) is 5.92 Å². The minimum Gasteiger partial charge on any atom is -0.390 e. The van der Waals surface area contributed by atoms with Gasteiger partial charge in [-0.1, -0.05) is 66.8 Å². The van der Waals surface area contributed by atoms with Crippen LogP contribution in [0.2, 0.25) is 0 Å². The van der Waals surface area contributed by atoms with E-state index in [9.17, 15) is 5.11 Å². The topological polar surface area (TPSA) is 32.3 Å². The van der Waals surface area contributed by atoms with Gasteiger partial charge in [0, 0.05) is 6.54 Å². The molecule has 2 nitrogen and oxygen atoms in total. The summed E-state index contributed by atoms with van der Waals surface area (Å²) in [5.41, 5.74) is 1.25. The lowest BCUT2D eigenvalue weighted by Gasteiger charge is -2.21. The highest BCUT2D eigenvalue weighted by Crippen LogP contribution is 2.12. The van der Waals surface area contributed by atoms with Gasteiger partial charge in [0.05, 0.1) is 10.2 Å². The Hall–Kier alpha value is -0.130. The molecule has 0 saturated carbocycles. The third kappa shape index (κ3) is 4.49. The van der Waals surface area contributed by atoms with Crippen LogP contribution in [0, 0.1) is 5.92 Å². The van der Waals surface area contributed by atoms with Gasteiger partial charge in [-0.3, -0.25) is 5.32 Å². The molecular weight excluding hydrogens is 301 g/mol. The predicted molar refractivity (Wildman–Crippen MR) is 71.9 cm³/mol. The first-order chi connectivity index (χ1) is 7.11. The van der Waals surface area contributed by atoms with Crippen molar-refractivity contribution in [3.05, 3.63) is 35.9 Å². The molecule has 2 atom stereocenters. The highest BCUT2D eigenvalue weighted by molar-refractivity contribution is 14.1. The quantitative estimate of drug-likeness (QED) is 0.497. The maximum atomic E-state index is 9.80. The molecular formula is C12H18INO. The number of rotatable bonds is 5. The lowest BCUT2D eigenvalue weighted by molar-refractivity contribution is 0.117. The molecule has 1 rings (SSSR count). The number of benzene rings is 1. The summed E-state index contributed by atoms with van der Waals surface area (Å²) in [5, 5.41) is 13.1. The summed E-state index contributed by atoms with van der Waals surface area (Å²) < 4.78 is 0.0998. The summed E-state index contributed by atoms with van der Waals surface area (Å²) in [4.78, 5) is 0. The Morgan fingerprint density at radius 3 is 2.40 bits per heavy atom. The van der Waals surface area contributed by atoms with E-state index in [0.717, 1.165) is 6.54 Å². The second kappa shape index (κ2) is 6.45. The van der Waals surface area contributed by atoms with Gasteiger partial charge in [-0.25, -0.2) is 0 Å². The minimum absolute atomic E-state index is 0.0998. The summed E-state index contributed by atoms with van der Waals surface area (Å²) in [6, 6.07) is 10.2. The fourth-order valence-corrected chi connectivity index (χ4v) is 2.32. The van der Waals surface area contributed by atoms with E-state index >= 15 is 0 Å². The molecule has 0 aliphatic rings. The van der Waals surface area contributed by atoms with E-state index in [1.54, 1.807) is 0 Å². The molecule has 0 bridgehead atoms. The molecule has 2 N–H and O–H groups in total. The standard InChI is InChI=1S/C12H18INO/c1-9(2)11(15)12(13)14-8-10-6-4-3-5-7-10/h3-7,9,11-12,14-15H,8H2,1-2H3. The van der Waals surface area contributed by atoms with Crippen molar-refractivity contribution in [2.45, 2.75) is 30.5 Å². The Morgan fingerprint density at radius 2 is 1.87 bits per heavy atom. The monoisotopic (exact) mass is 319 g/mol. The summed E-state index contributed by atoms with van der Waals surface area (Å²) in [5.74, 6) is 0.287. The average molecular weight is 319 g/mol. The average Bonchev–Trinajstić information content (AvgIpc) is 2.26. The van der Waals surface area contributed by atoms with Crippen molar-refractivity contribution in [3.63, 3.8) is 0 Å². The van der Waals surface area contributed by atoms with Crippen LogP contribution in [0.3, 0.4) is 0 Å². The van der Waals surface area contributed by atoms with Gasteiger partial charge in [0.2, 0.25) is 0 Å². The van der Waals surface area contributed by atoms with Crippen molar-refractivity contribution >= 4 is 22.6 Å². The van der Waals surface area contributed by atoms with E-state index in [0.29, 0.717) is 0 Å². The lowest BCUT2D eigenvalue weighted by Crippen LogP contribution is -2.37. The van der Waals surface area contributed by atoms with Gasteiger partial charge in [0.25, 0.3) is 0 Å². The Kier molecular flexibility index (Phi) is 5.56. The first-order valence-corrected chi connectivity index (χ1v) is 6.45. The number of halogens is 1. The molecule has 2 unspecified atom stereocenters. The Labute approximate surface area is 105 Å². The highest BCUT2D eigenvalue weighted by Gasteiger charge is 2.18. The van der Waals surface area contributed by atoms with Gasteiger partial charge in [0.1, 0.15) is 0 Å². The molecule has 15 heavy (non-hydrogen) atoms. The molecule has 0 aliphatic heterocycles. The smallest absolute Gasteiger partial charge is 0.0861 e. The van der Waals surface area contributed by atoms with E-state index in [1.165, 1.54) is 5.56 Å². The molecule has 0 saturated heterocycles. The number of aliphatic hydroxyl groups excluding tert-OH is 1. The molecule has 0 aliphatic carbocycles. The number of hydrogen-bond donors (Lipinski definition) is 2. The number of hydrogen-bond acceptors (Lipinski definition) is 2. The minimum atomic E-state index is -0.297. The normalized spacial score (nSPS) is 15.3. The van der Waals surface area contributed by atoms with Crippen LogP contribution in [0.15, 0.2) is 30.3 Å². The van der Waals surface area contributed by atoms with Crippen molar-refractivity contribution in [3.8, 4) is 0 Å². The van der Waals surface area contributed by atoms with Crippen LogP contribution in [-0.2, 0) is 6.54 Å². The molecule has 0 amide bonds. The molecule has 0 aromatic heterocycles. The van der Waals surface area contributed by atoms with Crippen LogP contribution in [0.1, 0.15) is 19.4 Å². The summed E-state index contributed by atoms with van der Waals surface area (Å²) in [6.45, 7) is 4.86. The lowest BCUT2D eigenvalue weighted by atomic mass is 10.1. The zero-order chi connectivity index (χ0) is 11.3. The van der Waals surface area contributed by atoms with Crippen LogP contribution < -0.4 is 5.32 Å². The molecule has 0 radical (unpaired) electrons. The molecule has 3 heteroatoms. The van der Waals surface area contributed by atoms with Crippen molar-refractivity contribution < 1.29 is 5.11 Å². The third-order valence-electron chi connectivity index (χ3n) is 2.33. The fraction of sp³-hybridized carbons (Fsp3) is 0.500. The molecule has 1 aromatic carbocycles. The molecule has 1 aromatic rings. The van der Waals surface area contributed by atoms with Crippen LogP contribution in [0.5, 0.6) is 0 Å². The number of nitrogens with one attached hydrogen (secondary N) is 1. The Bertz CT molecular complexity index is 276. The SMILES string of the molecule is CC(C)C(O)C(I)NCc1ccccc1. The number of aliphatic hydroxyl groups is 1. The first kappa shape index (κ1) is 12.9. The third-order valence-corrected chi connectivity index (χ3v) is 3.50. The summed E-state index contributed by atoms with van der Waals surface area (Å²) in [6.07, 6.45) is -0.297. The van der Waals surface area contributed by atoms with Gasteiger partial charge in [0.15, 0.2) is 0 Å². The van der Waals surface area contributed by atoms with Gasteiger partial charge < -0.3 is 5.11 Å². The van der Waals surface area contributed by atoms with Crippen LogP contribution in [0.4, 0.5) is 0 Å². The van der Waals surface area contributed by atoms with Gasteiger partial charge >= 0.3 is 0 Å². The second-order valence-corrected chi connectivity index (χ2v) is 5.34. The van der Waals surface area contributed by atoms with Gasteiger partial charge in [-0.05, 0) is 11.5 Å². The first-order valence-electron chi connectivity index (χ1n) is 5.20. The summed E-state index contributed by atoms with van der Waals surface area (Å²) >= 11 is 2.25. The molecule has 84 valence electrons. The fourth-order valence-electron chi connectivity index (χ4n) is 1.27.